The molecule has 1 aromatic rings. The summed E-state index contributed by atoms with van der Waals surface area (Å²) in [5.74, 6) is 0. The van der Waals surface area contributed by atoms with Crippen molar-refractivity contribution in [2.75, 3.05) is 13.7 Å². The van der Waals surface area contributed by atoms with Crippen LogP contribution in [0.25, 0.3) is 0 Å². The molecule has 82 valence electrons. The molecule has 0 spiro atoms. The largest absolute Gasteiger partial charge is 0.385 e. The summed E-state index contributed by atoms with van der Waals surface area (Å²) >= 11 is 0. The number of fused-ring (bicyclic) bond motifs is 1. The highest BCUT2D eigenvalue weighted by atomic mass is 16.5. The summed E-state index contributed by atoms with van der Waals surface area (Å²) in [7, 11) is 1.74. The number of rotatable bonds is 4. The molecule has 1 aliphatic rings. The van der Waals surface area contributed by atoms with E-state index in [1.54, 1.807) is 7.11 Å². The monoisotopic (exact) mass is 205 g/mol. The molecule has 0 aliphatic heterocycles. The van der Waals surface area contributed by atoms with E-state index in [4.69, 9.17) is 10.5 Å². The third-order valence-electron chi connectivity index (χ3n) is 3.37. The zero-order valence-corrected chi connectivity index (χ0v) is 9.33. The fraction of sp³-hybridized carbons (Fsp3) is 0.538. The molecule has 2 rings (SSSR count). The standard InChI is InChI=1S/C13H19NO/c1-15-10-4-8-13(14)9-7-11-5-2-3-6-12(11)13/h2-3,5-6H,4,7-10,14H2,1H3. The molecule has 2 N–H and O–H groups in total. The normalized spacial score (nSPS) is 24.1. The van der Waals surface area contributed by atoms with Gasteiger partial charge in [0.2, 0.25) is 0 Å². The maximum atomic E-state index is 6.46. The van der Waals surface area contributed by atoms with Gasteiger partial charge in [-0.3, -0.25) is 0 Å². The molecular weight excluding hydrogens is 186 g/mol. The van der Waals surface area contributed by atoms with Gasteiger partial charge in [0.1, 0.15) is 0 Å². The van der Waals surface area contributed by atoms with Gasteiger partial charge >= 0.3 is 0 Å². The summed E-state index contributed by atoms with van der Waals surface area (Å²) in [6.07, 6.45) is 4.27. The second-order valence-corrected chi connectivity index (χ2v) is 4.41. The van der Waals surface area contributed by atoms with Crippen LogP contribution in [0.5, 0.6) is 0 Å². The Balaban J connectivity index is 2.10. The SMILES string of the molecule is COCCCC1(N)CCc2ccccc21. The number of hydrogen-bond acceptors (Lipinski definition) is 2. The van der Waals surface area contributed by atoms with Crippen molar-refractivity contribution < 1.29 is 4.74 Å². The summed E-state index contributed by atoms with van der Waals surface area (Å²) in [5, 5.41) is 0. The van der Waals surface area contributed by atoms with E-state index in [2.05, 4.69) is 24.3 Å². The highest BCUT2D eigenvalue weighted by molar-refractivity contribution is 5.38. The van der Waals surface area contributed by atoms with Crippen molar-refractivity contribution in [3.8, 4) is 0 Å². The van der Waals surface area contributed by atoms with Gasteiger partial charge in [-0.2, -0.15) is 0 Å². The number of ether oxygens (including phenoxy) is 1. The molecule has 0 saturated carbocycles. The Morgan fingerprint density at radius 3 is 3.00 bits per heavy atom. The van der Waals surface area contributed by atoms with Crippen LogP contribution in [0.2, 0.25) is 0 Å². The van der Waals surface area contributed by atoms with Crippen LogP contribution in [0.1, 0.15) is 30.4 Å². The van der Waals surface area contributed by atoms with E-state index >= 15 is 0 Å². The molecule has 0 amide bonds. The van der Waals surface area contributed by atoms with Crippen molar-refractivity contribution in [1.29, 1.82) is 0 Å². The van der Waals surface area contributed by atoms with E-state index in [0.717, 1.165) is 32.3 Å². The lowest BCUT2D eigenvalue weighted by molar-refractivity contribution is 0.182. The third-order valence-corrected chi connectivity index (χ3v) is 3.37. The first-order valence-electron chi connectivity index (χ1n) is 5.62. The smallest absolute Gasteiger partial charge is 0.0463 e. The van der Waals surface area contributed by atoms with Gasteiger partial charge in [-0.1, -0.05) is 24.3 Å². The Morgan fingerprint density at radius 2 is 2.20 bits per heavy atom. The first-order chi connectivity index (χ1) is 7.26. The maximum Gasteiger partial charge on any atom is 0.0463 e. The first-order valence-corrected chi connectivity index (χ1v) is 5.62. The molecule has 1 unspecified atom stereocenters. The van der Waals surface area contributed by atoms with Crippen LogP contribution in [0.4, 0.5) is 0 Å². The lowest BCUT2D eigenvalue weighted by Gasteiger charge is -2.25. The van der Waals surface area contributed by atoms with Crippen molar-refractivity contribution >= 4 is 0 Å². The molecule has 0 aromatic heterocycles. The van der Waals surface area contributed by atoms with Gasteiger partial charge < -0.3 is 10.5 Å². The van der Waals surface area contributed by atoms with Crippen molar-refractivity contribution in [3.05, 3.63) is 35.4 Å². The minimum absolute atomic E-state index is 0.102. The summed E-state index contributed by atoms with van der Waals surface area (Å²) in [5.41, 5.74) is 9.13. The van der Waals surface area contributed by atoms with E-state index in [1.165, 1.54) is 11.1 Å². The Kier molecular flexibility index (Phi) is 3.08. The molecule has 0 saturated heterocycles. The van der Waals surface area contributed by atoms with Gasteiger partial charge in [-0.25, -0.2) is 0 Å². The van der Waals surface area contributed by atoms with Crippen molar-refractivity contribution in [2.45, 2.75) is 31.2 Å². The van der Waals surface area contributed by atoms with Crippen LogP contribution in [0, 0.1) is 0 Å². The predicted octanol–water partition coefficient (Wildman–Crippen LogP) is 2.21. The average Bonchev–Trinajstić information content (AvgIpc) is 2.59. The number of hydrogen-bond donors (Lipinski definition) is 1. The number of methoxy groups -OCH3 is 1. The number of benzene rings is 1. The molecule has 2 nitrogen and oxygen atoms in total. The Morgan fingerprint density at radius 1 is 1.40 bits per heavy atom. The molecule has 1 atom stereocenters. The topological polar surface area (TPSA) is 35.2 Å². The first kappa shape index (κ1) is 10.7. The van der Waals surface area contributed by atoms with Crippen molar-refractivity contribution in [2.24, 2.45) is 5.73 Å². The van der Waals surface area contributed by atoms with Gasteiger partial charge in [0, 0.05) is 19.3 Å². The second kappa shape index (κ2) is 4.33. The van der Waals surface area contributed by atoms with E-state index in [-0.39, 0.29) is 5.54 Å². The molecule has 0 heterocycles. The minimum Gasteiger partial charge on any atom is -0.385 e. The molecule has 1 aromatic carbocycles. The quantitative estimate of drug-likeness (QED) is 0.765. The third kappa shape index (κ3) is 2.06. The second-order valence-electron chi connectivity index (χ2n) is 4.41. The number of aryl methyl sites for hydroxylation is 1. The van der Waals surface area contributed by atoms with Crippen LogP contribution >= 0.6 is 0 Å². The zero-order valence-electron chi connectivity index (χ0n) is 9.33. The predicted molar refractivity (Wildman–Crippen MR) is 61.7 cm³/mol. The molecule has 15 heavy (non-hydrogen) atoms. The summed E-state index contributed by atoms with van der Waals surface area (Å²) in [6.45, 7) is 0.807. The summed E-state index contributed by atoms with van der Waals surface area (Å²) in [4.78, 5) is 0. The van der Waals surface area contributed by atoms with E-state index in [1.807, 2.05) is 0 Å². The van der Waals surface area contributed by atoms with Gasteiger partial charge in [-0.15, -0.1) is 0 Å². The summed E-state index contributed by atoms with van der Waals surface area (Å²) < 4.78 is 5.08. The molecule has 0 bridgehead atoms. The highest BCUT2D eigenvalue weighted by Crippen LogP contribution is 2.37. The number of nitrogens with two attached hydrogens (primary N) is 1. The highest BCUT2D eigenvalue weighted by Gasteiger charge is 2.33. The van der Waals surface area contributed by atoms with E-state index < -0.39 is 0 Å². The molecule has 0 radical (unpaired) electrons. The Labute approximate surface area is 91.4 Å². The van der Waals surface area contributed by atoms with E-state index in [0.29, 0.717) is 0 Å². The van der Waals surface area contributed by atoms with Crippen molar-refractivity contribution in [1.82, 2.24) is 0 Å². The van der Waals surface area contributed by atoms with Crippen molar-refractivity contribution in [3.63, 3.8) is 0 Å². The lowest BCUT2D eigenvalue weighted by atomic mass is 9.88. The molecular formula is C13H19NO. The van der Waals surface area contributed by atoms with Crippen LogP contribution < -0.4 is 5.73 Å². The zero-order chi connectivity index (χ0) is 10.7. The van der Waals surface area contributed by atoms with Gasteiger partial charge in [0.05, 0.1) is 0 Å². The maximum absolute atomic E-state index is 6.46. The van der Waals surface area contributed by atoms with Crippen LogP contribution in [0.15, 0.2) is 24.3 Å². The fourth-order valence-corrected chi connectivity index (χ4v) is 2.51. The molecule has 2 heteroatoms. The van der Waals surface area contributed by atoms with Gasteiger partial charge in [0.15, 0.2) is 0 Å². The fourth-order valence-electron chi connectivity index (χ4n) is 2.51. The molecule has 0 fully saturated rings. The Bertz CT molecular complexity index is 337. The average molecular weight is 205 g/mol. The van der Waals surface area contributed by atoms with Crippen LogP contribution in [-0.4, -0.2) is 13.7 Å². The Hall–Kier alpha value is -0.860. The van der Waals surface area contributed by atoms with Crippen LogP contribution in [-0.2, 0) is 16.7 Å². The summed E-state index contributed by atoms with van der Waals surface area (Å²) in [6, 6.07) is 8.55. The van der Waals surface area contributed by atoms with E-state index in [9.17, 15) is 0 Å². The minimum atomic E-state index is -0.102. The lowest BCUT2D eigenvalue weighted by Crippen LogP contribution is -2.34. The van der Waals surface area contributed by atoms with Gasteiger partial charge in [-0.05, 0) is 36.8 Å². The van der Waals surface area contributed by atoms with Gasteiger partial charge in [0.25, 0.3) is 0 Å². The molecule has 1 aliphatic carbocycles. The van der Waals surface area contributed by atoms with Crippen LogP contribution in [0.3, 0.4) is 0 Å².